The molecule has 0 saturated carbocycles. The number of amides is 1. The number of fused-ring (bicyclic) bond motifs is 1. The SMILES string of the molecule is CCC(C)C(C)NC(=O)c1sc2cc(OC)ccc2c1N. The lowest BCUT2D eigenvalue weighted by molar-refractivity contribution is 0.0933. The monoisotopic (exact) mass is 306 g/mol. The van der Waals surface area contributed by atoms with Crippen LogP contribution in [-0.2, 0) is 0 Å². The van der Waals surface area contributed by atoms with Crippen LogP contribution in [0.4, 0.5) is 5.69 Å². The van der Waals surface area contributed by atoms with Gasteiger partial charge in [0.15, 0.2) is 0 Å². The number of hydrogen-bond acceptors (Lipinski definition) is 4. The second-order valence-corrected chi connectivity index (χ2v) is 6.41. The van der Waals surface area contributed by atoms with Gasteiger partial charge in [0, 0.05) is 16.1 Å². The van der Waals surface area contributed by atoms with Crippen molar-refractivity contribution in [2.24, 2.45) is 5.92 Å². The number of methoxy groups -OCH3 is 1. The first-order chi connectivity index (χ1) is 9.97. The molecule has 0 fully saturated rings. The lowest BCUT2D eigenvalue weighted by Gasteiger charge is -2.19. The molecule has 0 radical (unpaired) electrons. The number of benzene rings is 1. The fourth-order valence-corrected chi connectivity index (χ4v) is 3.22. The predicted octanol–water partition coefficient (Wildman–Crippen LogP) is 3.66. The third-order valence-corrected chi connectivity index (χ3v) is 5.17. The molecule has 0 aliphatic heterocycles. The molecular formula is C16H22N2O2S. The Morgan fingerprint density at radius 2 is 2.14 bits per heavy atom. The maximum atomic E-state index is 12.4. The molecule has 1 heterocycles. The van der Waals surface area contributed by atoms with Gasteiger partial charge in [0.1, 0.15) is 10.6 Å². The maximum Gasteiger partial charge on any atom is 0.263 e. The largest absolute Gasteiger partial charge is 0.497 e. The second kappa shape index (κ2) is 6.35. The van der Waals surface area contributed by atoms with E-state index < -0.39 is 0 Å². The molecule has 3 N–H and O–H groups in total. The minimum atomic E-state index is -0.0968. The fraction of sp³-hybridized carbons (Fsp3) is 0.438. The van der Waals surface area contributed by atoms with E-state index in [2.05, 4.69) is 19.2 Å². The van der Waals surface area contributed by atoms with E-state index in [1.165, 1.54) is 11.3 Å². The number of nitrogens with one attached hydrogen (secondary N) is 1. The summed E-state index contributed by atoms with van der Waals surface area (Å²) in [6, 6.07) is 5.79. The van der Waals surface area contributed by atoms with Gasteiger partial charge >= 0.3 is 0 Å². The van der Waals surface area contributed by atoms with E-state index >= 15 is 0 Å². The van der Waals surface area contributed by atoms with E-state index in [-0.39, 0.29) is 11.9 Å². The highest BCUT2D eigenvalue weighted by Gasteiger charge is 2.20. The molecular weight excluding hydrogens is 284 g/mol. The van der Waals surface area contributed by atoms with Gasteiger partial charge < -0.3 is 15.8 Å². The Morgan fingerprint density at radius 1 is 1.43 bits per heavy atom. The van der Waals surface area contributed by atoms with Gasteiger partial charge in [-0.25, -0.2) is 0 Å². The number of anilines is 1. The highest BCUT2D eigenvalue weighted by molar-refractivity contribution is 7.21. The standard InChI is InChI=1S/C16H22N2O2S/c1-5-9(2)10(3)18-16(19)15-14(17)12-7-6-11(20-4)8-13(12)21-15/h6-10H,5,17H2,1-4H3,(H,18,19). The van der Waals surface area contributed by atoms with Crippen molar-refractivity contribution in [1.29, 1.82) is 0 Å². The summed E-state index contributed by atoms with van der Waals surface area (Å²) >= 11 is 1.41. The van der Waals surface area contributed by atoms with Gasteiger partial charge in [0.05, 0.1) is 12.8 Å². The van der Waals surface area contributed by atoms with Crippen LogP contribution in [0, 0.1) is 5.92 Å². The van der Waals surface area contributed by atoms with Gasteiger partial charge in [-0.1, -0.05) is 20.3 Å². The van der Waals surface area contributed by atoms with Crippen LogP contribution in [0.3, 0.4) is 0 Å². The van der Waals surface area contributed by atoms with Crippen molar-refractivity contribution >= 4 is 33.0 Å². The quantitative estimate of drug-likeness (QED) is 0.886. The van der Waals surface area contributed by atoms with E-state index in [1.54, 1.807) is 7.11 Å². The number of carbonyl (C=O) groups excluding carboxylic acids is 1. The Bertz CT molecular complexity index is 651. The molecule has 1 aromatic carbocycles. The molecule has 0 saturated heterocycles. The number of hydrogen-bond donors (Lipinski definition) is 2. The number of thiophene rings is 1. The molecule has 2 unspecified atom stereocenters. The number of rotatable bonds is 5. The minimum absolute atomic E-state index is 0.0968. The lowest BCUT2D eigenvalue weighted by Crippen LogP contribution is -2.36. The summed E-state index contributed by atoms with van der Waals surface area (Å²) in [5.74, 6) is 1.11. The van der Waals surface area contributed by atoms with Crippen LogP contribution in [0.15, 0.2) is 18.2 Å². The summed E-state index contributed by atoms with van der Waals surface area (Å²) in [7, 11) is 1.62. The van der Waals surface area contributed by atoms with E-state index in [9.17, 15) is 4.79 Å². The fourth-order valence-electron chi connectivity index (χ4n) is 2.16. The van der Waals surface area contributed by atoms with Crippen molar-refractivity contribution in [3.05, 3.63) is 23.1 Å². The van der Waals surface area contributed by atoms with Crippen LogP contribution >= 0.6 is 11.3 Å². The van der Waals surface area contributed by atoms with Crippen molar-refractivity contribution in [3.8, 4) is 5.75 Å². The van der Waals surface area contributed by atoms with Crippen LogP contribution < -0.4 is 15.8 Å². The Kier molecular flexibility index (Phi) is 4.73. The molecule has 2 rings (SSSR count). The van der Waals surface area contributed by atoms with Crippen LogP contribution in [0.5, 0.6) is 5.75 Å². The van der Waals surface area contributed by atoms with Crippen LogP contribution in [0.1, 0.15) is 36.9 Å². The van der Waals surface area contributed by atoms with Gasteiger partial charge in [-0.3, -0.25) is 4.79 Å². The summed E-state index contributed by atoms with van der Waals surface area (Å²) in [4.78, 5) is 13.0. The topological polar surface area (TPSA) is 64.3 Å². The molecule has 1 amide bonds. The molecule has 0 spiro atoms. The smallest absolute Gasteiger partial charge is 0.263 e. The molecule has 5 heteroatoms. The number of ether oxygens (including phenoxy) is 1. The summed E-state index contributed by atoms with van der Waals surface area (Å²) in [5, 5.41) is 3.94. The average Bonchev–Trinajstić information content (AvgIpc) is 2.82. The zero-order valence-corrected chi connectivity index (χ0v) is 13.7. The molecule has 4 nitrogen and oxygen atoms in total. The second-order valence-electron chi connectivity index (χ2n) is 5.35. The Balaban J connectivity index is 2.29. The molecule has 0 aliphatic carbocycles. The van der Waals surface area contributed by atoms with Gasteiger partial charge in [-0.2, -0.15) is 0 Å². The Labute approximate surface area is 129 Å². The highest BCUT2D eigenvalue weighted by atomic mass is 32.1. The maximum absolute atomic E-state index is 12.4. The zero-order chi connectivity index (χ0) is 15.6. The lowest BCUT2D eigenvalue weighted by atomic mass is 10.0. The first kappa shape index (κ1) is 15.6. The molecule has 21 heavy (non-hydrogen) atoms. The predicted molar refractivity (Wildman–Crippen MR) is 89.2 cm³/mol. The zero-order valence-electron chi connectivity index (χ0n) is 12.9. The normalized spacial score (nSPS) is 13.9. The van der Waals surface area contributed by atoms with Crippen LogP contribution in [0.2, 0.25) is 0 Å². The van der Waals surface area contributed by atoms with E-state index in [0.29, 0.717) is 16.5 Å². The first-order valence-electron chi connectivity index (χ1n) is 7.14. The summed E-state index contributed by atoms with van der Waals surface area (Å²) in [5.41, 5.74) is 6.67. The van der Waals surface area contributed by atoms with Crippen molar-refractivity contribution in [1.82, 2.24) is 5.32 Å². The van der Waals surface area contributed by atoms with Gasteiger partial charge in [-0.15, -0.1) is 11.3 Å². The van der Waals surface area contributed by atoms with E-state index in [1.807, 2.05) is 25.1 Å². The van der Waals surface area contributed by atoms with Crippen LogP contribution in [-0.4, -0.2) is 19.1 Å². The van der Waals surface area contributed by atoms with Crippen molar-refractivity contribution in [2.45, 2.75) is 33.2 Å². The summed E-state index contributed by atoms with van der Waals surface area (Å²) < 4.78 is 6.17. The minimum Gasteiger partial charge on any atom is -0.497 e. The Morgan fingerprint density at radius 3 is 2.76 bits per heavy atom. The highest BCUT2D eigenvalue weighted by Crippen LogP contribution is 2.35. The molecule has 2 aromatic rings. The summed E-state index contributed by atoms with van der Waals surface area (Å²) in [6.07, 6.45) is 1.03. The molecule has 0 aliphatic rings. The number of nitrogen functional groups attached to an aromatic ring is 1. The molecule has 2 atom stereocenters. The number of carbonyl (C=O) groups is 1. The third-order valence-electron chi connectivity index (χ3n) is 4.00. The number of nitrogens with two attached hydrogens (primary N) is 1. The van der Waals surface area contributed by atoms with E-state index in [0.717, 1.165) is 22.3 Å². The molecule has 1 aromatic heterocycles. The Hall–Kier alpha value is -1.75. The van der Waals surface area contributed by atoms with Crippen molar-refractivity contribution < 1.29 is 9.53 Å². The van der Waals surface area contributed by atoms with Gasteiger partial charge in [0.2, 0.25) is 0 Å². The molecule has 0 bridgehead atoms. The third kappa shape index (κ3) is 3.13. The van der Waals surface area contributed by atoms with Crippen LogP contribution in [0.25, 0.3) is 10.1 Å². The first-order valence-corrected chi connectivity index (χ1v) is 7.96. The van der Waals surface area contributed by atoms with Crippen molar-refractivity contribution in [3.63, 3.8) is 0 Å². The van der Waals surface area contributed by atoms with Crippen molar-refractivity contribution in [2.75, 3.05) is 12.8 Å². The van der Waals surface area contributed by atoms with Gasteiger partial charge in [0.25, 0.3) is 5.91 Å². The average molecular weight is 306 g/mol. The molecule has 114 valence electrons. The summed E-state index contributed by atoms with van der Waals surface area (Å²) in [6.45, 7) is 6.27. The van der Waals surface area contributed by atoms with E-state index in [4.69, 9.17) is 10.5 Å². The van der Waals surface area contributed by atoms with Gasteiger partial charge in [-0.05, 0) is 31.0 Å².